The molecule has 0 amide bonds. The molecule has 2 heterocycles. The van der Waals surface area contributed by atoms with Crippen LogP contribution in [0.15, 0.2) is 16.7 Å². The van der Waals surface area contributed by atoms with Gasteiger partial charge < -0.3 is 15.2 Å². The molecule has 4 heteroatoms. The highest BCUT2D eigenvalue weighted by molar-refractivity contribution is 9.10. The number of piperazine rings is 1. The van der Waals surface area contributed by atoms with E-state index in [1.165, 1.54) is 27.6 Å². The van der Waals surface area contributed by atoms with Gasteiger partial charge in [0, 0.05) is 36.6 Å². The zero-order chi connectivity index (χ0) is 14.3. The van der Waals surface area contributed by atoms with Gasteiger partial charge >= 0.3 is 0 Å². The molecule has 1 aromatic heterocycles. The second kappa shape index (κ2) is 5.51. The monoisotopic (exact) mass is 335 g/mol. The SMILES string of the molecule is Cc1ccc(C)c2c(CC3CNCCN3C)c(Br)[nH]c12. The molecule has 0 aliphatic carbocycles. The number of nitrogens with zero attached hydrogens (tertiary/aromatic N) is 1. The van der Waals surface area contributed by atoms with Crippen LogP contribution in [0.5, 0.6) is 0 Å². The number of aromatic nitrogens is 1. The Balaban J connectivity index is 2.02. The first kappa shape index (κ1) is 14.1. The molecule has 20 heavy (non-hydrogen) atoms. The van der Waals surface area contributed by atoms with Crippen molar-refractivity contribution >= 4 is 26.8 Å². The van der Waals surface area contributed by atoms with Crippen molar-refractivity contribution < 1.29 is 0 Å². The summed E-state index contributed by atoms with van der Waals surface area (Å²) in [6, 6.07) is 4.99. The van der Waals surface area contributed by atoms with E-state index in [0.717, 1.165) is 30.7 Å². The lowest BCUT2D eigenvalue weighted by atomic mass is 9.98. The number of benzene rings is 1. The highest BCUT2D eigenvalue weighted by Gasteiger charge is 2.22. The number of H-pyrrole nitrogens is 1. The number of aryl methyl sites for hydroxylation is 2. The molecule has 1 unspecified atom stereocenters. The first-order chi connectivity index (χ1) is 9.58. The molecule has 0 spiro atoms. The summed E-state index contributed by atoms with van der Waals surface area (Å²) < 4.78 is 1.14. The van der Waals surface area contributed by atoms with Gasteiger partial charge in [0.25, 0.3) is 0 Å². The third kappa shape index (κ3) is 2.41. The Morgan fingerprint density at radius 1 is 1.30 bits per heavy atom. The Bertz CT molecular complexity index is 632. The minimum Gasteiger partial charge on any atom is -0.349 e. The van der Waals surface area contributed by atoms with Crippen molar-refractivity contribution in [1.82, 2.24) is 15.2 Å². The Hall–Kier alpha value is -0.840. The topological polar surface area (TPSA) is 31.1 Å². The molecule has 3 rings (SSSR count). The molecule has 2 N–H and O–H groups in total. The molecule has 3 nitrogen and oxygen atoms in total. The molecule has 2 aromatic rings. The van der Waals surface area contributed by atoms with Crippen LogP contribution in [0.25, 0.3) is 10.9 Å². The quantitative estimate of drug-likeness (QED) is 0.883. The van der Waals surface area contributed by atoms with E-state index in [1.54, 1.807) is 0 Å². The van der Waals surface area contributed by atoms with Crippen molar-refractivity contribution in [3.8, 4) is 0 Å². The van der Waals surface area contributed by atoms with Crippen LogP contribution in [0.1, 0.15) is 16.7 Å². The lowest BCUT2D eigenvalue weighted by Gasteiger charge is -2.33. The third-order valence-corrected chi connectivity index (χ3v) is 5.18. The van der Waals surface area contributed by atoms with Crippen LogP contribution in [0.4, 0.5) is 0 Å². The second-order valence-corrected chi connectivity index (χ2v) is 6.70. The maximum Gasteiger partial charge on any atom is 0.0864 e. The van der Waals surface area contributed by atoms with Gasteiger partial charge in [-0.1, -0.05) is 12.1 Å². The molecule has 1 atom stereocenters. The summed E-state index contributed by atoms with van der Waals surface area (Å²) in [4.78, 5) is 5.98. The average Bonchev–Trinajstić information content (AvgIpc) is 2.75. The standard InChI is InChI=1S/C16H22BrN3/c1-10-4-5-11(2)15-14(10)13(16(17)19-15)8-12-9-18-6-7-20(12)3/h4-5,12,18-19H,6-9H2,1-3H3. The number of nitrogens with one attached hydrogen (secondary N) is 2. The molecule has 0 bridgehead atoms. The van der Waals surface area contributed by atoms with Crippen LogP contribution >= 0.6 is 15.9 Å². The summed E-state index contributed by atoms with van der Waals surface area (Å²) >= 11 is 3.73. The number of likely N-dealkylation sites (N-methyl/N-ethyl adjacent to an activating group) is 1. The number of rotatable bonds is 2. The van der Waals surface area contributed by atoms with E-state index in [-0.39, 0.29) is 0 Å². The fraction of sp³-hybridized carbons (Fsp3) is 0.500. The normalized spacial score (nSPS) is 20.7. The van der Waals surface area contributed by atoms with E-state index in [9.17, 15) is 0 Å². The summed E-state index contributed by atoms with van der Waals surface area (Å²) in [6.45, 7) is 7.67. The summed E-state index contributed by atoms with van der Waals surface area (Å²) in [5, 5.41) is 4.90. The van der Waals surface area contributed by atoms with E-state index in [0.29, 0.717) is 6.04 Å². The second-order valence-electron chi connectivity index (χ2n) is 5.91. The van der Waals surface area contributed by atoms with Crippen LogP contribution in [0, 0.1) is 13.8 Å². The lowest BCUT2D eigenvalue weighted by molar-refractivity contribution is 0.199. The highest BCUT2D eigenvalue weighted by Crippen LogP contribution is 2.32. The molecule has 1 aromatic carbocycles. The molecular weight excluding hydrogens is 314 g/mol. The van der Waals surface area contributed by atoms with E-state index in [2.05, 4.69) is 64.2 Å². The predicted octanol–water partition coefficient (Wildman–Crippen LogP) is 2.99. The zero-order valence-electron chi connectivity index (χ0n) is 12.4. The van der Waals surface area contributed by atoms with Crippen molar-refractivity contribution in [3.05, 3.63) is 33.4 Å². The van der Waals surface area contributed by atoms with Gasteiger partial charge in [-0.3, -0.25) is 0 Å². The highest BCUT2D eigenvalue weighted by atomic mass is 79.9. The summed E-state index contributed by atoms with van der Waals surface area (Å²) in [5.41, 5.74) is 5.36. The minimum atomic E-state index is 0.568. The maximum absolute atomic E-state index is 3.73. The molecule has 108 valence electrons. The third-order valence-electron chi connectivity index (χ3n) is 4.51. The Morgan fingerprint density at radius 2 is 2.05 bits per heavy atom. The number of aromatic amines is 1. The molecule has 1 aliphatic rings. The van der Waals surface area contributed by atoms with Gasteiger partial charge in [0.05, 0.1) is 4.60 Å². The van der Waals surface area contributed by atoms with E-state index in [1.807, 2.05) is 0 Å². The van der Waals surface area contributed by atoms with Crippen molar-refractivity contribution in [2.24, 2.45) is 0 Å². The zero-order valence-corrected chi connectivity index (χ0v) is 14.0. The fourth-order valence-electron chi connectivity index (χ4n) is 3.17. The lowest BCUT2D eigenvalue weighted by Crippen LogP contribution is -2.50. The van der Waals surface area contributed by atoms with Crippen LogP contribution in [-0.4, -0.2) is 42.6 Å². The van der Waals surface area contributed by atoms with Gasteiger partial charge in [-0.15, -0.1) is 0 Å². The molecule has 1 aliphatic heterocycles. The predicted molar refractivity (Wildman–Crippen MR) is 88.5 cm³/mol. The van der Waals surface area contributed by atoms with Crippen LogP contribution in [0.2, 0.25) is 0 Å². The minimum absolute atomic E-state index is 0.568. The van der Waals surface area contributed by atoms with Crippen LogP contribution in [-0.2, 0) is 6.42 Å². The van der Waals surface area contributed by atoms with E-state index < -0.39 is 0 Å². The van der Waals surface area contributed by atoms with Gasteiger partial charge in [0.1, 0.15) is 0 Å². The average molecular weight is 336 g/mol. The van der Waals surface area contributed by atoms with Crippen molar-refractivity contribution in [3.63, 3.8) is 0 Å². The Labute approximate surface area is 128 Å². The smallest absolute Gasteiger partial charge is 0.0864 e. The van der Waals surface area contributed by atoms with Crippen molar-refractivity contribution in [1.29, 1.82) is 0 Å². The number of hydrogen-bond donors (Lipinski definition) is 2. The van der Waals surface area contributed by atoms with Crippen molar-refractivity contribution in [2.45, 2.75) is 26.3 Å². The molecular formula is C16H22BrN3. The largest absolute Gasteiger partial charge is 0.349 e. The van der Waals surface area contributed by atoms with E-state index in [4.69, 9.17) is 0 Å². The van der Waals surface area contributed by atoms with Gasteiger partial charge in [-0.2, -0.15) is 0 Å². The summed E-state index contributed by atoms with van der Waals surface area (Å²) in [5.74, 6) is 0. The molecule has 0 radical (unpaired) electrons. The van der Waals surface area contributed by atoms with Crippen LogP contribution < -0.4 is 5.32 Å². The first-order valence-electron chi connectivity index (χ1n) is 7.25. The number of fused-ring (bicyclic) bond motifs is 1. The fourth-order valence-corrected chi connectivity index (χ4v) is 3.73. The number of halogens is 1. The van der Waals surface area contributed by atoms with Gasteiger partial charge in [0.15, 0.2) is 0 Å². The maximum atomic E-state index is 3.73. The molecule has 0 saturated carbocycles. The van der Waals surface area contributed by atoms with Gasteiger partial charge in [-0.25, -0.2) is 0 Å². The van der Waals surface area contributed by atoms with Gasteiger partial charge in [0.2, 0.25) is 0 Å². The first-order valence-corrected chi connectivity index (χ1v) is 8.04. The molecule has 1 saturated heterocycles. The van der Waals surface area contributed by atoms with E-state index >= 15 is 0 Å². The van der Waals surface area contributed by atoms with Crippen molar-refractivity contribution in [2.75, 3.05) is 26.7 Å². The molecule has 1 fully saturated rings. The summed E-state index contributed by atoms with van der Waals surface area (Å²) in [6.07, 6.45) is 1.08. The number of hydrogen-bond acceptors (Lipinski definition) is 2. The Morgan fingerprint density at radius 3 is 2.80 bits per heavy atom. The summed E-state index contributed by atoms with van der Waals surface area (Å²) in [7, 11) is 2.23. The Kier molecular flexibility index (Phi) is 3.89. The van der Waals surface area contributed by atoms with Gasteiger partial charge in [-0.05, 0) is 59.9 Å². The van der Waals surface area contributed by atoms with Crippen LogP contribution in [0.3, 0.4) is 0 Å².